The summed E-state index contributed by atoms with van der Waals surface area (Å²) in [6, 6.07) is 17.4. The highest BCUT2D eigenvalue weighted by Gasteiger charge is 2.65. The van der Waals surface area contributed by atoms with Crippen molar-refractivity contribution in [2.75, 3.05) is 0 Å². The lowest BCUT2D eigenvalue weighted by molar-refractivity contribution is -0.147. The maximum absolute atomic E-state index is 12.8. The third kappa shape index (κ3) is 4.30. The van der Waals surface area contributed by atoms with E-state index in [1.54, 1.807) is 0 Å². The molecule has 0 N–H and O–H groups in total. The molecular formula is C25H30O3. The number of ether oxygens (including phenoxy) is 2. The molecule has 148 valence electrons. The molecule has 2 aromatic carbocycles. The Hall–Kier alpha value is -2.55. The fraction of sp³-hybridized carbons (Fsp3) is 0.400. The molecule has 0 spiro atoms. The molecule has 0 aromatic heterocycles. The van der Waals surface area contributed by atoms with E-state index in [9.17, 15) is 4.79 Å². The summed E-state index contributed by atoms with van der Waals surface area (Å²) >= 11 is 0. The molecule has 2 unspecified atom stereocenters. The van der Waals surface area contributed by atoms with Gasteiger partial charge in [-0.25, -0.2) is 0 Å². The van der Waals surface area contributed by atoms with Crippen molar-refractivity contribution >= 4 is 5.97 Å². The van der Waals surface area contributed by atoms with E-state index >= 15 is 0 Å². The van der Waals surface area contributed by atoms with E-state index < -0.39 is 0 Å². The van der Waals surface area contributed by atoms with Crippen molar-refractivity contribution in [1.82, 2.24) is 0 Å². The van der Waals surface area contributed by atoms with Crippen LogP contribution in [0.5, 0.6) is 11.5 Å². The highest BCUT2D eigenvalue weighted by atomic mass is 16.5. The third-order valence-electron chi connectivity index (χ3n) is 5.88. The van der Waals surface area contributed by atoms with Gasteiger partial charge in [0.15, 0.2) is 0 Å². The normalized spacial score (nSPS) is 19.6. The molecule has 1 aliphatic carbocycles. The van der Waals surface area contributed by atoms with Gasteiger partial charge >= 0.3 is 5.97 Å². The number of esters is 1. The average Bonchev–Trinajstić information content (AvgIpc) is 3.33. The first-order valence-corrected chi connectivity index (χ1v) is 10.1. The second-order valence-electron chi connectivity index (χ2n) is 7.86. The van der Waals surface area contributed by atoms with Crippen molar-refractivity contribution in [2.24, 2.45) is 17.3 Å². The summed E-state index contributed by atoms with van der Waals surface area (Å²) in [4.78, 5) is 12.8. The first-order chi connectivity index (χ1) is 13.5. The Bertz CT molecular complexity index is 830. The lowest BCUT2D eigenvalue weighted by Crippen LogP contribution is -2.13. The van der Waals surface area contributed by atoms with Crippen LogP contribution in [0.2, 0.25) is 0 Å². The highest BCUT2D eigenvalue weighted by Crippen LogP contribution is 2.64. The minimum atomic E-state index is -0.0828. The van der Waals surface area contributed by atoms with E-state index in [2.05, 4.69) is 33.8 Å². The second kappa shape index (κ2) is 8.64. The van der Waals surface area contributed by atoms with E-state index in [-0.39, 0.29) is 23.9 Å². The Morgan fingerprint density at radius 1 is 1.00 bits per heavy atom. The molecule has 3 rings (SSSR count). The van der Waals surface area contributed by atoms with Crippen LogP contribution in [0, 0.1) is 17.3 Å². The zero-order valence-electron chi connectivity index (χ0n) is 17.3. The second-order valence-corrected chi connectivity index (χ2v) is 7.86. The van der Waals surface area contributed by atoms with Gasteiger partial charge in [-0.2, -0.15) is 0 Å². The van der Waals surface area contributed by atoms with Gasteiger partial charge in [0.05, 0.1) is 5.92 Å². The van der Waals surface area contributed by atoms with Crippen LogP contribution in [-0.4, -0.2) is 5.97 Å². The summed E-state index contributed by atoms with van der Waals surface area (Å²) in [6.07, 6.45) is 4.24. The lowest BCUT2D eigenvalue weighted by Gasteiger charge is -2.12. The van der Waals surface area contributed by atoms with Gasteiger partial charge in [-0.05, 0) is 67.9 Å². The van der Waals surface area contributed by atoms with Crippen LogP contribution in [0.25, 0.3) is 0 Å². The van der Waals surface area contributed by atoms with E-state index in [4.69, 9.17) is 9.47 Å². The van der Waals surface area contributed by atoms with Gasteiger partial charge in [0.2, 0.25) is 0 Å². The van der Waals surface area contributed by atoms with Crippen molar-refractivity contribution in [3.8, 4) is 11.5 Å². The van der Waals surface area contributed by atoms with Gasteiger partial charge < -0.3 is 9.47 Å². The highest BCUT2D eigenvalue weighted by molar-refractivity contribution is 5.78. The number of benzene rings is 2. The monoisotopic (exact) mass is 378 g/mol. The maximum Gasteiger partial charge on any atom is 0.310 e. The molecule has 0 amide bonds. The van der Waals surface area contributed by atoms with Crippen LogP contribution in [0.1, 0.15) is 46.1 Å². The van der Waals surface area contributed by atoms with Gasteiger partial charge in [-0.3, -0.25) is 4.79 Å². The summed E-state index contributed by atoms with van der Waals surface area (Å²) in [5.41, 5.74) is 2.25. The summed E-state index contributed by atoms with van der Waals surface area (Å²) in [6.45, 7) is 8.80. The van der Waals surface area contributed by atoms with Crippen molar-refractivity contribution in [3.63, 3.8) is 0 Å². The van der Waals surface area contributed by atoms with Crippen LogP contribution in [0.4, 0.5) is 0 Å². The standard InChI is InChI=1S/C25H30O3/c1-5-25(6-2)22(15-18(3)4)23(25)24(26)27-17-19-11-10-14-21(16-19)28-20-12-8-7-9-13-20/h7-16,22-23H,5-6,17H2,1-4H3. The Balaban J connectivity index is 1.63. The molecule has 1 saturated carbocycles. The lowest BCUT2D eigenvalue weighted by atomic mass is 9.94. The topological polar surface area (TPSA) is 35.5 Å². The Morgan fingerprint density at radius 3 is 2.32 bits per heavy atom. The maximum atomic E-state index is 12.8. The summed E-state index contributed by atoms with van der Waals surface area (Å²) in [5.74, 6) is 1.72. The zero-order valence-corrected chi connectivity index (χ0v) is 17.3. The molecule has 3 heteroatoms. The van der Waals surface area contributed by atoms with Gasteiger partial charge in [-0.1, -0.05) is 55.8 Å². The van der Waals surface area contributed by atoms with Gasteiger partial charge in [0.1, 0.15) is 18.1 Å². The molecule has 0 bridgehead atoms. The van der Waals surface area contributed by atoms with Gasteiger partial charge in [-0.15, -0.1) is 0 Å². The van der Waals surface area contributed by atoms with Gasteiger partial charge in [0, 0.05) is 0 Å². The number of para-hydroxylation sites is 1. The minimum Gasteiger partial charge on any atom is -0.461 e. The molecule has 0 radical (unpaired) electrons. The number of rotatable bonds is 8. The summed E-state index contributed by atoms with van der Waals surface area (Å²) in [5, 5.41) is 0. The number of carbonyl (C=O) groups excluding carboxylic acids is 1. The Labute approximate surface area is 168 Å². The fourth-order valence-corrected chi connectivity index (χ4v) is 4.26. The molecule has 0 aliphatic heterocycles. The van der Waals surface area contributed by atoms with Crippen molar-refractivity contribution < 1.29 is 14.3 Å². The van der Waals surface area contributed by atoms with E-state index in [0.29, 0.717) is 5.92 Å². The molecule has 2 atom stereocenters. The Kier molecular flexibility index (Phi) is 6.23. The van der Waals surface area contributed by atoms with Crippen LogP contribution in [-0.2, 0) is 16.1 Å². The van der Waals surface area contributed by atoms with Crippen LogP contribution < -0.4 is 4.74 Å². The van der Waals surface area contributed by atoms with E-state index in [1.165, 1.54) is 5.57 Å². The van der Waals surface area contributed by atoms with Crippen molar-refractivity contribution in [3.05, 3.63) is 71.8 Å². The number of carbonyl (C=O) groups is 1. The number of allylic oxidation sites excluding steroid dienone is 2. The molecular weight excluding hydrogens is 348 g/mol. The number of hydrogen-bond acceptors (Lipinski definition) is 3. The average molecular weight is 379 g/mol. The van der Waals surface area contributed by atoms with E-state index in [1.807, 2.05) is 54.6 Å². The minimum absolute atomic E-state index is 0.0267. The smallest absolute Gasteiger partial charge is 0.310 e. The van der Waals surface area contributed by atoms with E-state index in [0.717, 1.165) is 29.9 Å². The third-order valence-corrected chi connectivity index (χ3v) is 5.88. The Morgan fingerprint density at radius 2 is 1.68 bits per heavy atom. The molecule has 0 saturated heterocycles. The first-order valence-electron chi connectivity index (χ1n) is 10.1. The first kappa shape index (κ1) is 20.2. The predicted molar refractivity (Wildman–Crippen MR) is 112 cm³/mol. The van der Waals surface area contributed by atoms with Gasteiger partial charge in [0.25, 0.3) is 0 Å². The quantitative estimate of drug-likeness (QED) is 0.386. The molecule has 3 nitrogen and oxygen atoms in total. The van der Waals surface area contributed by atoms with Crippen LogP contribution >= 0.6 is 0 Å². The summed E-state index contributed by atoms with van der Waals surface area (Å²) < 4.78 is 11.6. The predicted octanol–water partition coefficient (Wildman–Crippen LogP) is 6.54. The van der Waals surface area contributed by atoms with Crippen molar-refractivity contribution in [1.29, 1.82) is 0 Å². The molecule has 2 aromatic rings. The molecule has 1 fully saturated rings. The van der Waals surface area contributed by atoms with Crippen molar-refractivity contribution in [2.45, 2.75) is 47.1 Å². The van der Waals surface area contributed by atoms with Crippen LogP contribution in [0.3, 0.4) is 0 Å². The van der Waals surface area contributed by atoms with Crippen LogP contribution in [0.15, 0.2) is 66.2 Å². The SMILES string of the molecule is CCC1(CC)C(C=C(C)C)C1C(=O)OCc1cccc(Oc2ccccc2)c1. The summed E-state index contributed by atoms with van der Waals surface area (Å²) in [7, 11) is 0. The molecule has 1 aliphatic rings. The zero-order chi connectivity index (χ0) is 20.1. The largest absolute Gasteiger partial charge is 0.461 e. The molecule has 0 heterocycles. The fourth-order valence-electron chi connectivity index (χ4n) is 4.26. The number of hydrogen-bond donors (Lipinski definition) is 0. The molecule has 28 heavy (non-hydrogen) atoms.